The van der Waals surface area contributed by atoms with Gasteiger partial charge in [-0.25, -0.2) is 18.1 Å². The lowest BCUT2D eigenvalue weighted by Gasteiger charge is -2.12. The number of aromatic nitrogens is 3. The van der Waals surface area contributed by atoms with Crippen LogP contribution in [0.1, 0.15) is 11.1 Å². The van der Waals surface area contributed by atoms with Gasteiger partial charge in [-0.1, -0.05) is 12.1 Å². The van der Waals surface area contributed by atoms with Crippen LogP contribution in [0.3, 0.4) is 0 Å². The Balaban J connectivity index is 0.00000320. The monoisotopic (exact) mass is 540 g/mol. The molecule has 0 radical (unpaired) electrons. The number of pyridine rings is 1. The quantitative estimate of drug-likeness (QED) is 0.271. The highest BCUT2D eigenvalue weighted by Gasteiger charge is 2.06. The van der Waals surface area contributed by atoms with Crippen molar-refractivity contribution in [1.29, 1.82) is 0 Å². The summed E-state index contributed by atoms with van der Waals surface area (Å²) in [5.74, 6) is 1.45. The molecule has 30 heavy (non-hydrogen) atoms. The topological polar surface area (TPSA) is 101 Å². The van der Waals surface area contributed by atoms with Crippen LogP contribution in [0.15, 0.2) is 70.9 Å². The Bertz CT molecular complexity index is 1070. The van der Waals surface area contributed by atoms with Crippen LogP contribution >= 0.6 is 24.0 Å². The first-order valence-corrected chi connectivity index (χ1v) is 11.0. The molecule has 160 valence electrons. The van der Waals surface area contributed by atoms with Crippen LogP contribution in [0.25, 0.3) is 5.82 Å². The first kappa shape index (κ1) is 23.8. The molecule has 0 saturated heterocycles. The van der Waals surface area contributed by atoms with E-state index in [-0.39, 0.29) is 24.0 Å². The standard InChI is InChI=1S/C20H24N6O2S.HI/c1-21-20(23-12-8-16-4-6-18(7-5-16)29(2,27)28)24-15-17-9-11-22-19(14-17)26-13-3-10-25-26;/h3-7,9-11,13-14H,8,12,15H2,1-2H3,(H2,21,23,24);1H. The molecule has 2 aromatic heterocycles. The SMILES string of the molecule is CN=C(NCCc1ccc(S(C)(=O)=O)cc1)NCc1ccnc(-n2cccn2)c1.I. The van der Waals surface area contributed by atoms with Crippen molar-refractivity contribution in [2.75, 3.05) is 19.8 Å². The number of benzene rings is 1. The number of nitrogens with zero attached hydrogens (tertiary/aromatic N) is 4. The normalized spacial score (nSPS) is 11.6. The van der Waals surface area contributed by atoms with E-state index in [0.717, 1.165) is 23.4 Å². The minimum Gasteiger partial charge on any atom is -0.356 e. The van der Waals surface area contributed by atoms with Gasteiger partial charge in [0.25, 0.3) is 0 Å². The number of nitrogens with one attached hydrogen (secondary N) is 2. The van der Waals surface area contributed by atoms with Gasteiger partial charge in [-0.15, -0.1) is 24.0 Å². The molecule has 0 bridgehead atoms. The molecule has 0 fully saturated rings. The maximum absolute atomic E-state index is 11.5. The molecule has 0 atom stereocenters. The van der Waals surface area contributed by atoms with Gasteiger partial charge in [-0.05, 0) is 47.9 Å². The molecule has 3 aromatic rings. The molecule has 0 amide bonds. The van der Waals surface area contributed by atoms with Crippen molar-refractivity contribution < 1.29 is 8.42 Å². The minimum atomic E-state index is -3.16. The van der Waals surface area contributed by atoms with Crippen molar-refractivity contribution in [2.24, 2.45) is 4.99 Å². The Labute approximate surface area is 193 Å². The first-order chi connectivity index (χ1) is 14.0. The second-order valence-corrected chi connectivity index (χ2v) is 8.51. The van der Waals surface area contributed by atoms with Crippen molar-refractivity contribution >= 4 is 39.8 Å². The maximum Gasteiger partial charge on any atom is 0.191 e. The van der Waals surface area contributed by atoms with E-state index >= 15 is 0 Å². The van der Waals surface area contributed by atoms with E-state index in [1.807, 2.05) is 36.5 Å². The van der Waals surface area contributed by atoms with Gasteiger partial charge in [-0.2, -0.15) is 5.10 Å². The molecule has 0 aliphatic carbocycles. The third-order valence-electron chi connectivity index (χ3n) is 4.29. The van der Waals surface area contributed by atoms with Crippen molar-refractivity contribution in [3.63, 3.8) is 0 Å². The van der Waals surface area contributed by atoms with E-state index in [2.05, 4.69) is 25.7 Å². The summed E-state index contributed by atoms with van der Waals surface area (Å²) >= 11 is 0. The lowest BCUT2D eigenvalue weighted by Crippen LogP contribution is -2.37. The van der Waals surface area contributed by atoms with Crippen molar-refractivity contribution in [1.82, 2.24) is 25.4 Å². The third-order valence-corrected chi connectivity index (χ3v) is 5.42. The van der Waals surface area contributed by atoms with Gasteiger partial charge in [0.15, 0.2) is 21.6 Å². The van der Waals surface area contributed by atoms with Crippen LogP contribution in [-0.4, -0.2) is 49.0 Å². The smallest absolute Gasteiger partial charge is 0.191 e. The second-order valence-electron chi connectivity index (χ2n) is 6.49. The first-order valence-electron chi connectivity index (χ1n) is 9.14. The predicted octanol–water partition coefficient (Wildman–Crippen LogP) is 2.20. The summed E-state index contributed by atoms with van der Waals surface area (Å²) < 4.78 is 24.7. The fourth-order valence-electron chi connectivity index (χ4n) is 2.74. The summed E-state index contributed by atoms with van der Waals surface area (Å²) in [5, 5.41) is 10.7. The van der Waals surface area contributed by atoms with E-state index < -0.39 is 9.84 Å². The molecule has 3 rings (SSSR count). The lowest BCUT2D eigenvalue weighted by atomic mass is 10.1. The second kappa shape index (κ2) is 11.1. The highest BCUT2D eigenvalue weighted by atomic mass is 127. The van der Waals surface area contributed by atoms with Gasteiger partial charge in [0.05, 0.1) is 4.90 Å². The summed E-state index contributed by atoms with van der Waals surface area (Å²) in [4.78, 5) is 8.89. The van der Waals surface area contributed by atoms with Gasteiger partial charge in [0.1, 0.15) is 0 Å². The molecule has 1 aromatic carbocycles. The zero-order chi connectivity index (χ0) is 20.7. The zero-order valence-electron chi connectivity index (χ0n) is 16.8. The molecule has 0 unspecified atom stereocenters. The van der Waals surface area contributed by atoms with Crippen LogP contribution < -0.4 is 10.6 Å². The van der Waals surface area contributed by atoms with Crippen LogP contribution in [0.4, 0.5) is 0 Å². The van der Waals surface area contributed by atoms with Gasteiger partial charge in [-0.3, -0.25) is 4.99 Å². The van der Waals surface area contributed by atoms with Gasteiger partial charge < -0.3 is 10.6 Å². The van der Waals surface area contributed by atoms with E-state index in [4.69, 9.17) is 0 Å². The zero-order valence-corrected chi connectivity index (χ0v) is 20.0. The van der Waals surface area contributed by atoms with Crippen LogP contribution in [0, 0.1) is 0 Å². The van der Waals surface area contributed by atoms with Crippen molar-refractivity contribution in [3.8, 4) is 5.82 Å². The highest BCUT2D eigenvalue weighted by Crippen LogP contribution is 2.10. The van der Waals surface area contributed by atoms with Crippen LogP contribution in [0.5, 0.6) is 0 Å². The number of hydrogen-bond donors (Lipinski definition) is 2. The third kappa shape index (κ3) is 6.80. The summed E-state index contributed by atoms with van der Waals surface area (Å²) in [5.41, 5.74) is 2.11. The summed E-state index contributed by atoms with van der Waals surface area (Å²) in [6, 6.07) is 12.7. The largest absolute Gasteiger partial charge is 0.356 e. The highest BCUT2D eigenvalue weighted by molar-refractivity contribution is 14.0. The predicted molar refractivity (Wildman–Crippen MR) is 128 cm³/mol. The van der Waals surface area contributed by atoms with Crippen LogP contribution in [-0.2, 0) is 22.8 Å². The molecule has 10 heteroatoms. The average molecular weight is 540 g/mol. The number of halogens is 1. The lowest BCUT2D eigenvalue weighted by molar-refractivity contribution is 0.602. The van der Waals surface area contributed by atoms with E-state index in [1.165, 1.54) is 6.26 Å². The molecule has 2 heterocycles. The Hall–Kier alpha value is -2.47. The van der Waals surface area contributed by atoms with E-state index in [0.29, 0.717) is 23.9 Å². The van der Waals surface area contributed by atoms with Crippen molar-refractivity contribution in [3.05, 3.63) is 72.2 Å². The molecule has 0 aliphatic heterocycles. The maximum atomic E-state index is 11.5. The Morgan fingerprint density at radius 2 is 1.87 bits per heavy atom. The number of rotatable bonds is 7. The van der Waals surface area contributed by atoms with Gasteiger partial charge in [0, 0.05) is 45.0 Å². The van der Waals surface area contributed by atoms with Gasteiger partial charge in [0.2, 0.25) is 0 Å². The Morgan fingerprint density at radius 1 is 1.10 bits per heavy atom. The Morgan fingerprint density at radius 3 is 2.50 bits per heavy atom. The fourth-order valence-corrected chi connectivity index (χ4v) is 3.37. The number of sulfone groups is 1. The molecule has 0 spiro atoms. The molecule has 0 saturated carbocycles. The molecular weight excluding hydrogens is 515 g/mol. The number of hydrogen-bond acceptors (Lipinski definition) is 5. The average Bonchev–Trinajstić information content (AvgIpc) is 3.25. The van der Waals surface area contributed by atoms with E-state index in [9.17, 15) is 8.42 Å². The molecular formula is C20H25IN6O2S. The van der Waals surface area contributed by atoms with Gasteiger partial charge >= 0.3 is 0 Å². The van der Waals surface area contributed by atoms with Crippen molar-refractivity contribution in [2.45, 2.75) is 17.9 Å². The Kier molecular flexibility index (Phi) is 8.78. The fraction of sp³-hybridized carbons (Fsp3) is 0.250. The molecule has 8 nitrogen and oxygen atoms in total. The molecule has 2 N–H and O–H groups in total. The van der Waals surface area contributed by atoms with Crippen LogP contribution in [0.2, 0.25) is 0 Å². The molecule has 0 aliphatic rings. The summed E-state index contributed by atoms with van der Waals surface area (Å²) in [6.45, 7) is 1.27. The summed E-state index contributed by atoms with van der Waals surface area (Å²) in [7, 11) is -1.44. The minimum absolute atomic E-state index is 0. The summed E-state index contributed by atoms with van der Waals surface area (Å²) in [6.07, 6.45) is 7.28. The van der Waals surface area contributed by atoms with E-state index in [1.54, 1.807) is 36.3 Å². The number of guanidine groups is 1. The number of aliphatic imine (C=N–C) groups is 1.